The lowest BCUT2D eigenvalue weighted by Gasteiger charge is -2.33. The summed E-state index contributed by atoms with van der Waals surface area (Å²) in [5.74, 6) is 0.919. The molecule has 0 spiro atoms. The van der Waals surface area contributed by atoms with Crippen LogP contribution in [0.4, 0.5) is 5.82 Å². The van der Waals surface area contributed by atoms with E-state index in [1.54, 1.807) is 13.3 Å². The number of rotatable bonds is 6. The van der Waals surface area contributed by atoms with E-state index in [9.17, 15) is 4.79 Å². The number of carbonyl (C=O) groups excluding carboxylic acids is 1. The summed E-state index contributed by atoms with van der Waals surface area (Å²) in [6.07, 6.45) is 4.19. The van der Waals surface area contributed by atoms with Crippen LogP contribution >= 0.6 is 0 Å². The molecular formula is C15H24N4O2. The molecule has 21 heavy (non-hydrogen) atoms. The largest absolute Gasteiger partial charge is 0.385 e. The maximum Gasteiger partial charge on any atom is 0.237 e. The number of pyridine rings is 1. The molecule has 0 saturated carbocycles. The standard InChI is InChI=1S/C15H24N4O2/c1-21-11-7-13(16)15(20)18-12-5-9-19(10-6-12)14-4-2-3-8-17-14/h2-4,8,12-13H,5-7,9-11,16H2,1H3,(H,18,20). The lowest BCUT2D eigenvalue weighted by molar-refractivity contribution is -0.123. The molecular weight excluding hydrogens is 268 g/mol. The molecule has 1 aromatic heterocycles. The predicted molar refractivity (Wildman–Crippen MR) is 82.1 cm³/mol. The second kappa shape index (κ2) is 7.95. The molecule has 1 aliphatic heterocycles. The smallest absolute Gasteiger partial charge is 0.237 e. The minimum atomic E-state index is -0.487. The second-order valence-electron chi connectivity index (χ2n) is 5.35. The van der Waals surface area contributed by atoms with Gasteiger partial charge in [0.1, 0.15) is 5.82 Å². The van der Waals surface area contributed by atoms with Crippen LogP contribution in [0.3, 0.4) is 0 Å². The minimum Gasteiger partial charge on any atom is -0.385 e. The third-order valence-corrected chi connectivity index (χ3v) is 3.78. The van der Waals surface area contributed by atoms with Crippen molar-refractivity contribution in [3.63, 3.8) is 0 Å². The first-order valence-electron chi connectivity index (χ1n) is 7.41. The second-order valence-corrected chi connectivity index (χ2v) is 5.35. The molecule has 0 bridgehead atoms. The maximum atomic E-state index is 12.0. The normalized spacial score (nSPS) is 17.5. The first-order chi connectivity index (χ1) is 10.2. The van der Waals surface area contributed by atoms with E-state index in [4.69, 9.17) is 10.5 Å². The predicted octanol–water partition coefficient (Wildman–Crippen LogP) is 0.530. The van der Waals surface area contributed by atoms with E-state index >= 15 is 0 Å². The fourth-order valence-electron chi connectivity index (χ4n) is 2.48. The number of carbonyl (C=O) groups is 1. The number of hydrogen-bond donors (Lipinski definition) is 2. The molecule has 2 rings (SSSR count). The highest BCUT2D eigenvalue weighted by atomic mass is 16.5. The van der Waals surface area contributed by atoms with Crippen LogP contribution in [0.5, 0.6) is 0 Å². The molecule has 6 heteroatoms. The van der Waals surface area contributed by atoms with E-state index < -0.39 is 6.04 Å². The van der Waals surface area contributed by atoms with Gasteiger partial charge in [-0.25, -0.2) is 4.98 Å². The highest BCUT2D eigenvalue weighted by Crippen LogP contribution is 2.17. The fraction of sp³-hybridized carbons (Fsp3) is 0.600. The van der Waals surface area contributed by atoms with Crippen molar-refractivity contribution in [1.29, 1.82) is 0 Å². The Bertz CT molecular complexity index is 433. The zero-order chi connectivity index (χ0) is 15.1. The van der Waals surface area contributed by atoms with Crippen LogP contribution in [-0.2, 0) is 9.53 Å². The van der Waals surface area contributed by atoms with Crippen molar-refractivity contribution in [3.8, 4) is 0 Å². The summed E-state index contributed by atoms with van der Waals surface area (Å²) < 4.78 is 4.94. The first kappa shape index (κ1) is 15.7. The summed E-state index contributed by atoms with van der Waals surface area (Å²) in [6, 6.07) is 5.63. The van der Waals surface area contributed by atoms with Crippen LogP contribution in [0.25, 0.3) is 0 Å². The average Bonchev–Trinajstić information content (AvgIpc) is 2.54. The zero-order valence-electron chi connectivity index (χ0n) is 12.5. The van der Waals surface area contributed by atoms with Crippen molar-refractivity contribution < 1.29 is 9.53 Å². The van der Waals surface area contributed by atoms with E-state index in [0.29, 0.717) is 13.0 Å². The van der Waals surface area contributed by atoms with Gasteiger partial charge in [0.15, 0.2) is 0 Å². The van der Waals surface area contributed by atoms with Crippen LogP contribution in [-0.4, -0.2) is 49.8 Å². The SMILES string of the molecule is COCCC(N)C(=O)NC1CCN(c2ccccn2)CC1. The number of ether oxygens (including phenoxy) is 1. The van der Waals surface area contributed by atoms with Crippen LogP contribution in [0.1, 0.15) is 19.3 Å². The van der Waals surface area contributed by atoms with Gasteiger partial charge in [0.2, 0.25) is 5.91 Å². The third-order valence-electron chi connectivity index (χ3n) is 3.78. The van der Waals surface area contributed by atoms with Crippen LogP contribution in [0.2, 0.25) is 0 Å². The van der Waals surface area contributed by atoms with Gasteiger partial charge < -0.3 is 20.7 Å². The van der Waals surface area contributed by atoms with Crippen molar-refractivity contribution in [3.05, 3.63) is 24.4 Å². The molecule has 116 valence electrons. The Labute approximate surface area is 125 Å². The molecule has 1 aliphatic rings. The van der Waals surface area contributed by atoms with E-state index in [-0.39, 0.29) is 11.9 Å². The minimum absolute atomic E-state index is 0.0802. The molecule has 1 fully saturated rings. The summed E-state index contributed by atoms with van der Waals surface area (Å²) in [5, 5.41) is 3.03. The molecule has 1 atom stereocenters. The van der Waals surface area contributed by atoms with Gasteiger partial charge in [-0.3, -0.25) is 4.79 Å². The molecule has 1 amide bonds. The van der Waals surface area contributed by atoms with Crippen molar-refractivity contribution in [1.82, 2.24) is 10.3 Å². The first-order valence-corrected chi connectivity index (χ1v) is 7.41. The monoisotopic (exact) mass is 292 g/mol. The summed E-state index contributed by atoms with van der Waals surface area (Å²) in [6.45, 7) is 2.30. The van der Waals surface area contributed by atoms with E-state index in [1.165, 1.54) is 0 Å². The molecule has 6 nitrogen and oxygen atoms in total. The highest BCUT2D eigenvalue weighted by Gasteiger charge is 2.23. The van der Waals surface area contributed by atoms with E-state index in [0.717, 1.165) is 31.7 Å². The number of methoxy groups -OCH3 is 1. The van der Waals surface area contributed by atoms with Gasteiger partial charge in [-0.2, -0.15) is 0 Å². The summed E-state index contributed by atoms with van der Waals surface area (Å²) in [5.41, 5.74) is 5.83. The Morgan fingerprint density at radius 3 is 2.90 bits per heavy atom. The maximum absolute atomic E-state index is 12.0. The quantitative estimate of drug-likeness (QED) is 0.799. The van der Waals surface area contributed by atoms with Crippen molar-refractivity contribution in [2.75, 3.05) is 31.7 Å². The number of hydrogen-bond acceptors (Lipinski definition) is 5. The molecule has 1 unspecified atom stereocenters. The van der Waals surface area contributed by atoms with Crippen LogP contribution in [0, 0.1) is 0 Å². The van der Waals surface area contributed by atoms with Crippen LogP contribution < -0.4 is 16.0 Å². The molecule has 0 aliphatic carbocycles. The Morgan fingerprint density at radius 2 is 2.29 bits per heavy atom. The molecule has 2 heterocycles. The van der Waals surface area contributed by atoms with Gasteiger partial charge in [-0.15, -0.1) is 0 Å². The topological polar surface area (TPSA) is 80.5 Å². The molecule has 3 N–H and O–H groups in total. The van der Waals surface area contributed by atoms with E-state index in [2.05, 4.69) is 15.2 Å². The third kappa shape index (κ3) is 4.68. The Morgan fingerprint density at radius 1 is 1.52 bits per heavy atom. The summed E-state index contributed by atoms with van der Waals surface area (Å²) in [4.78, 5) is 18.5. The Hall–Kier alpha value is -1.66. The van der Waals surface area contributed by atoms with Crippen molar-refractivity contribution >= 4 is 11.7 Å². The van der Waals surface area contributed by atoms with Gasteiger partial charge in [0, 0.05) is 39.0 Å². The van der Waals surface area contributed by atoms with Gasteiger partial charge in [0.05, 0.1) is 6.04 Å². The van der Waals surface area contributed by atoms with Gasteiger partial charge in [-0.1, -0.05) is 6.07 Å². The van der Waals surface area contributed by atoms with Crippen molar-refractivity contribution in [2.24, 2.45) is 5.73 Å². The summed E-state index contributed by atoms with van der Waals surface area (Å²) >= 11 is 0. The molecule has 1 saturated heterocycles. The molecule has 0 aromatic carbocycles. The Balaban J connectivity index is 1.75. The van der Waals surface area contributed by atoms with Gasteiger partial charge >= 0.3 is 0 Å². The number of anilines is 1. The molecule has 0 radical (unpaired) electrons. The van der Waals surface area contributed by atoms with E-state index in [1.807, 2.05) is 18.2 Å². The van der Waals surface area contributed by atoms with Gasteiger partial charge in [0.25, 0.3) is 0 Å². The number of nitrogens with two attached hydrogens (primary N) is 1. The average molecular weight is 292 g/mol. The van der Waals surface area contributed by atoms with Crippen LogP contribution in [0.15, 0.2) is 24.4 Å². The van der Waals surface area contributed by atoms with Gasteiger partial charge in [-0.05, 0) is 31.4 Å². The Kier molecular flexibility index (Phi) is 5.95. The number of nitrogens with zero attached hydrogens (tertiary/aromatic N) is 2. The lowest BCUT2D eigenvalue weighted by Crippen LogP contribution is -2.50. The lowest BCUT2D eigenvalue weighted by atomic mass is 10.0. The fourth-order valence-corrected chi connectivity index (χ4v) is 2.48. The van der Waals surface area contributed by atoms with Crippen molar-refractivity contribution in [2.45, 2.75) is 31.3 Å². The number of nitrogens with one attached hydrogen (secondary N) is 1. The summed E-state index contributed by atoms with van der Waals surface area (Å²) in [7, 11) is 1.61. The zero-order valence-corrected chi connectivity index (χ0v) is 12.5. The number of amides is 1. The molecule has 1 aromatic rings. The number of aromatic nitrogens is 1. The number of piperidine rings is 1. The highest BCUT2D eigenvalue weighted by molar-refractivity contribution is 5.81.